The maximum atomic E-state index is 11.9. The number of aldehydes is 1. The summed E-state index contributed by atoms with van der Waals surface area (Å²) in [5, 5.41) is 75.3. The average Bonchev–Trinajstić information content (AvgIpc) is 3.05. The van der Waals surface area contributed by atoms with Gasteiger partial charge >= 0.3 is 0 Å². The lowest BCUT2D eigenvalue weighted by molar-refractivity contribution is -0.324. The van der Waals surface area contributed by atoms with Gasteiger partial charge in [-0.3, -0.25) is 4.79 Å². The summed E-state index contributed by atoms with van der Waals surface area (Å²) in [5.41, 5.74) is -2.21. The van der Waals surface area contributed by atoms with Crippen LogP contribution in [0, 0.1) is 11.8 Å². The molecule has 2 heterocycles. The van der Waals surface area contributed by atoms with Gasteiger partial charge in [0.1, 0.15) is 30.5 Å². The average molecular weight is 496 g/mol. The zero-order valence-corrected chi connectivity index (χ0v) is 19.5. The highest BCUT2D eigenvalue weighted by Gasteiger charge is 2.60. The molecule has 0 spiro atoms. The Morgan fingerprint density at radius 2 is 1.53 bits per heavy atom. The fourth-order valence-corrected chi connectivity index (χ4v) is 4.93. The number of hydrogen-bond donors (Lipinski definition) is 8. The number of ether oxygens (including phenoxy) is 4. The summed E-state index contributed by atoms with van der Waals surface area (Å²) in [5.74, 6) is -1.52. The second-order valence-corrected chi connectivity index (χ2v) is 9.52. The third-order valence-electron chi connectivity index (χ3n) is 7.45. The molecule has 3 fully saturated rings. The molecule has 13 nitrogen and oxygen atoms in total. The Morgan fingerprint density at radius 3 is 2.09 bits per heavy atom. The predicted octanol–water partition coefficient (Wildman–Crippen LogP) is -4.17. The Hall–Kier alpha value is -0.810. The highest BCUT2D eigenvalue weighted by Crippen LogP contribution is 2.39. The quantitative estimate of drug-likeness (QED) is 0.158. The van der Waals surface area contributed by atoms with Crippen LogP contribution in [0.15, 0.2) is 0 Å². The number of nitrogens with one attached hydrogen (secondary N) is 1. The summed E-state index contributed by atoms with van der Waals surface area (Å²) in [7, 11) is 1.53. The van der Waals surface area contributed by atoms with E-state index in [1.165, 1.54) is 20.9 Å². The van der Waals surface area contributed by atoms with Crippen molar-refractivity contribution in [2.24, 2.45) is 11.8 Å². The lowest BCUT2D eigenvalue weighted by atomic mass is 9.78. The maximum absolute atomic E-state index is 11.9. The van der Waals surface area contributed by atoms with Crippen LogP contribution in [0.4, 0.5) is 0 Å². The highest BCUT2D eigenvalue weighted by atomic mass is 16.8. The van der Waals surface area contributed by atoms with Crippen molar-refractivity contribution in [3.63, 3.8) is 0 Å². The monoisotopic (exact) mass is 495 g/mol. The molecule has 13 heteroatoms. The smallest absolute Gasteiger partial charge is 0.188 e. The Bertz CT molecular complexity index is 683. The van der Waals surface area contributed by atoms with Gasteiger partial charge in [-0.25, -0.2) is 0 Å². The molecule has 0 bridgehead atoms. The molecule has 14 unspecified atom stereocenters. The van der Waals surface area contributed by atoms with Crippen molar-refractivity contribution < 1.29 is 59.5 Å². The molecule has 2 aliphatic heterocycles. The normalized spacial score (nSPS) is 54.2. The van der Waals surface area contributed by atoms with Crippen molar-refractivity contribution in [2.75, 3.05) is 13.7 Å². The van der Waals surface area contributed by atoms with E-state index in [1.54, 1.807) is 6.92 Å². The van der Waals surface area contributed by atoms with Gasteiger partial charge in [0.2, 0.25) is 0 Å². The molecule has 3 rings (SSSR count). The van der Waals surface area contributed by atoms with Crippen molar-refractivity contribution in [2.45, 2.75) is 99.9 Å². The summed E-state index contributed by atoms with van der Waals surface area (Å²) in [4.78, 5) is 11.9. The molecule has 1 aliphatic carbocycles. The number of aliphatic hydroxyl groups is 7. The summed E-state index contributed by atoms with van der Waals surface area (Å²) in [6.07, 6.45) is -14.1. The second kappa shape index (κ2) is 10.7. The number of carbonyl (C=O) groups is 1. The van der Waals surface area contributed by atoms with E-state index < -0.39 is 97.6 Å². The van der Waals surface area contributed by atoms with Crippen molar-refractivity contribution in [1.82, 2.24) is 5.32 Å². The third kappa shape index (κ3) is 4.65. The first-order valence-corrected chi connectivity index (χ1v) is 11.4. The van der Waals surface area contributed by atoms with Crippen molar-refractivity contribution in [3.05, 3.63) is 0 Å². The number of likely N-dealkylation sites (N-methyl/N-ethyl adjacent to an activating group) is 1. The highest BCUT2D eigenvalue weighted by molar-refractivity contribution is 5.65. The molecule has 0 aromatic carbocycles. The zero-order valence-electron chi connectivity index (χ0n) is 19.5. The van der Waals surface area contributed by atoms with Gasteiger partial charge in [0.25, 0.3) is 0 Å². The van der Waals surface area contributed by atoms with Gasteiger partial charge in [-0.2, -0.15) is 0 Å². The van der Waals surface area contributed by atoms with Crippen LogP contribution in [0.5, 0.6) is 0 Å². The number of carbonyl (C=O) groups excluding carboxylic acids is 1. The van der Waals surface area contributed by atoms with Gasteiger partial charge in [-0.05, 0) is 14.0 Å². The molecular weight excluding hydrogens is 458 g/mol. The summed E-state index contributed by atoms with van der Waals surface area (Å²) in [6.45, 7) is 3.91. The van der Waals surface area contributed by atoms with Gasteiger partial charge in [-0.15, -0.1) is 0 Å². The van der Waals surface area contributed by atoms with Crippen molar-refractivity contribution >= 4 is 6.29 Å². The molecule has 34 heavy (non-hydrogen) atoms. The van der Waals surface area contributed by atoms with Crippen LogP contribution in [-0.4, -0.2) is 135 Å². The third-order valence-corrected chi connectivity index (χ3v) is 7.45. The first-order valence-electron chi connectivity index (χ1n) is 11.4. The van der Waals surface area contributed by atoms with E-state index in [9.17, 15) is 40.5 Å². The zero-order chi connectivity index (χ0) is 25.5. The Labute approximate surface area is 197 Å². The number of rotatable bonds is 7. The van der Waals surface area contributed by atoms with Crippen LogP contribution >= 0.6 is 0 Å². The number of aliphatic hydroxyl groups excluding tert-OH is 6. The van der Waals surface area contributed by atoms with Gasteiger partial charge < -0.3 is 60.0 Å². The largest absolute Gasteiger partial charge is 0.394 e. The SMILES string of the molecule is CNC1C(O)C(C)C(OC2OC(C)C(O)(C=O)[C@@H]2OC2OC(CO)C(O)C(O)C2C)C(O)C1O. The first-order chi connectivity index (χ1) is 15.9. The second-order valence-electron chi connectivity index (χ2n) is 9.52. The maximum Gasteiger partial charge on any atom is 0.188 e. The molecule has 0 aromatic rings. The van der Waals surface area contributed by atoms with Crippen LogP contribution in [0.1, 0.15) is 20.8 Å². The summed E-state index contributed by atoms with van der Waals surface area (Å²) in [6, 6.07) is -0.813. The summed E-state index contributed by atoms with van der Waals surface area (Å²) < 4.78 is 22.9. The lowest BCUT2D eigenvalue weighted by Gasteiger charge is -2.46. The molecular formula is C21H37NO12. The topological polar surface area (TPSA) is 208 Å². The first kappa shape index (κ1) is 27.8. The molecule has 198 valence electrons. The van der Waals surface area contributed by atoms with Gasteiger partial charge in [-0.1, -0.05) is 13.8 Å². The minimum Gasteiger partial charge on any atom is -0.394 e. The van der Waals surface area contributed by atoms with Crippen LogP contribution in [0.3, 0.4) is 0 Å². The molecule has 1 saturated carbocycles. The molecule has 8 N–H and O–H groups in total. The number of hydrogen-bond acceptors (Lipinski definition) is 13. The molecule has 15 atom stereocenters. The van der Waals surface area contributed by atoms with Gasteiger partial charge in [0.05, 0.1) is 37.1 Å². The van der Waals surface area contributed by atoms with Crippen LogP contribution in [0.2, 0.25) is 0 Å². The van der Waals surface area contributed by atoms with E-state index in [1.807, 2.05) is 0 Å². The van der Waals surface area contributed by atoms with E-state index >= 15 is 0 Å². The van der Waals surface area contributed by atoms with Crippen LogP contribution < -0.4 is 5.32 Å². The standard InChI is InChI=1S/C21H37NO12/c1-7-12(25)11(22-4)15(28)16(29)17(7)33-20-18(21(30,6-24)9(3)31-20)34-19-8(2)13(26)14(27)10(5-23)32-19/h6-20,22-23,25-30H,5H2,1-4H3/t7?,8?,9?,10?,11?,12?,13?,14?,15?,16?,17?,18-,19?,20?,21?/m1/s1. The van der Waals surface area contributed by atoms with Crippen LogP contribution in [0.25, 0.3) is 0 Å². The van der Waals surface area contributed by atoms with Crippen molar-refractivity contribution in [1.29, 1.82) is 0 Å². The van der Waals surface area contributed by atoms with E-state index in [-0.39, 0.29) is 6.29 Å². The molecule has 3 aliphatic rings. The van der Waals surface area contributed by atoms with Gasteiger partial charge in [0.15, 0.2) is 24.5 Å². The Balaban J connectivity index is 1.85. The van der Waals surface area contributed by atoms with Crippen molar-refractivity contribution in [3.8, 4) is 0 Å². The van der Waals surface area contributed by atoms with Crippen LogP contribution in [-0.2, 0) is 23.7 Å². The van der Waals surface area contributed by atoms with Gasteiger partial charge in [0, 0.05) is 11.8 Å². The fourth-order valence-electron chi connectivity index (χ4n) is 4.93. The molecule has 0 amide bonds. The minimum atomic E-state index is -2.21. The Kier molecular flexibility index (Phi) is 8.71. The summed E-state index contributed by atoms with van der Waals surface area (Å²) >= 11 is 0. The van der Waals surface area contributed by atoms with E-state index in [0.29, 0.717) is 0 Å². The minimum absolute atomic E-state index is 0.232. The van der Waals surface area contributed by atoms with E-state index in [4.69, 9.17) is 18.9 Å². The molecule has 2 saturated heterocycles. The molecule has 0 aromatic heterocycles. The predicted molar refractivity (Wildman–Crippen MR) is 112 cm³/mol. The molecule has 0 radical (unpaired) electrons. The Morgan fingerprint density at radius 1 is 0.882 bits per heavy atom. The lowest BCUT2D eigenvalue weighted by Crippen LogP contribution is -2.65. The van der Waals surface area contributed by atoms with E-state index in [0.717, 1.165) is 0 Å². The fraction of sp³-hybridized carbons (Fsp3) is 0.952. The van der Waals surface area contributed by atoms with E-state index in [2.05, 4.69) is 5.32 Å².